The van der Waals surface area contributed by atoms with E-state index in [2.05, 4.69) is 5.32 Å². The molecule has 1 aliphatic heterocycles. The van der Waals surface area contributed by atoms with Crippen LogP contribution in [0.15, 0.2) is 36.4 Å². The fourth-order valence-corrected chi connectivity index (χ4v) is 4.11. The minimum absolute atomic E-state index is 0.238. The fourth-order valence-electron chi connectivity index (χ4n) is 4.11. The summed E-state index contributed by atoms with van der Waals surface area (Å²) in [5, 5.41) is 23.4. The molecule has 0 aromatic heterocycles. The number of aliphatic hydroxyl groups excluding tert-OH is 1. The summed E-state index contributed by atoms with van der Waals surface area (Å²) < 4.78 is 11.1. The summed E-state index contributed by atoms with van der Waals surface area (Å²) in [6.45, 7) is 3.92. The summed E-state index contributed by atoms with van der Waals surface area (Å²) in [7, 11) is 0. The van der Waals surface area contributed by atoms with Crippen molar-refractivity contribution in [3.8, 4) is 11.5 Å². The number of aliphatic hydroxyl groups is 1. The van der Waals surface area contributed by atoms with Crippen LogP contribution in [0.1, 0.15) is 48.1 Å². The SMILES string of the molecule is Cc1cccc([C@@H](O)CNC2CCCc3cc4c(cc3C2)OC(C)(C(=O)O)O4)c1. The van der Waals surface area contributed by atoms with E-state index in [-0.39, 0.29) is 6.04 Å². The summed E-state index contributed by atoms with van der Waals surface area (Å²) in [5.74, 6) is -1.84. The van der Waals surface area contributed by atoms with Gasteiger partial charge >= 0.3 is 11.8 Å². The van der Waals surface area contributed by atoms with Crippen molar-refractivity contribution in [3.63, 3.8) is 0 Å². The predicted octanol–water partition coefficient (Wildman–Crippen LogP) is 3.14. The second-order valence-corrected chi connectivity index (χ2v) is 8.15. The van der Waals surface area contributed by atoms with Crippen LogP contribution in [0.3, 0.4) is 0 Å². The van der Waals surface area contributed by atoms with E-state index in [4.69, 9.17) is 9.47 Å². The van der Waals surface area contributed by atoms with Gasteiger partial charge in [-0.3, -0.25) is 0 Å². The van der Waals surface area contributed by atoms with Gasteiger partial charge in [-0.2, -0.15) is 0 Å². The van der Waals surface area contributed by atoms with Crippen LogP contribution >= 0.6 is 0 Å². The van der Waals surface area contributed by atoms with Crippen molar-refractivity contribution in [1.29, 1.82) is 0 Å². The molecule has 3 atom stereocenters. The maximum atomic E-state index is 11.4. The Labute approximate surface area is 170 Å². The van der Waals surface area contributed by atoms with Crippen molar-refractivity contribution in [1.82, 2.24) is 5.32 Å². The Morgan fingerprint density at radius 3 is 2.66 bits per heavy atom. The number of nitrogens with one attached hydrogen (secondary N) is 1. The van der Waals surface area contributed by atoms with Crippen LogP contribution in [-0.2, 0) is 17.6 Å². The first kappa shape index (κ1) is 19.7. The molecule has 0 saturated carbocycles. The molecule has 3 N–H and O–H groups in total. The molecule has 154 valence electrons. The molecule has 1 aliphatic carbocycles. The lowest BCUT2D eigenvalue weighted by Gasteiger charge is -2.20. The highest BCUT2D eigenvalue weighted by Gasteiger charge is 2.45. The quantitative estimate of drug-likeness (QED) is 0.672. The Kier molecular flexibility index (Phi) is 5.23. The second-order valence-electron chi connectivity index (χ2n) is 8.15. The number of carbonyl (C=O) groups is 1. The van der Waals surface area contributed by atoms with Crippen molar-refractivity contribution in [2.45, 2.75) is 57.5 Å². The van der Waals surface area contributed by atoms with Crippen molar-refractivity contribution in [3.05, 3.63) is 58.7 Å². The van der Waals surface area contributed by atoms with E-state index in [0.29, 0.717) is 18.0 Å². The Balaban J connectivity index is 1.44. The number of ether oxygens (including phenoxy) is 2. The molecule has 1 heterocycles. The van der Waals surface area contributed by atoms with Gasteiger partial charge in [0.1, 0.15) is 0 Å². The van der Waals surface area contributed by atoms with Gasteiger partial charge in [-0.15, -0.1) is 0 Å². The fraction of sp³-hybridized carbons (Fsp3) is 0.435. The molecule has 0 bridgehead atoms. The number of aryl methyl sites for hydroxylation is 2. The third kappa shape index (κ3) is 4.09. The number of aliphatic carboxylic acids is 1. The lowest BCUT2D eigenvalue weighted by atomic mass is 10.0. The van der Waals surface area contributed by atoms with Gasteiger partial charge in [-0.05, 0) is 61.4 Å². The number of hydrogen-bond donors (Lipinski definition) is 3. The van der Waals surface area contributed by atoms with Crippen LogP contribution < -0.4 is 14.8 Å². The van der Waals surface area contributed by atoms with Crippen LogP contribution in [0.4, 0.5) is 0 Å². The lowest BCUT2D eigenvalue weighted by molar-refractivity contribution is -0.173. The summed E-state index contributed by atoms with van der Waals surface area (Å²) in [4.78, 5) is 11.4. The van der Waals surface area contributed by atoms with Gasteiger partial charge < -0.3 is 25.0 Å². The lowest BCUT2D eigenvalue weighted by Crippen LogP contribution is -2.43. The molecule has 0 radical (unpaired) electrons. The second kappa shape index (κ2) is 7.69. The van der Waals surface area contributed by atoms with Crippen LogP contribution in [0.2, 0.25) is 0 Å². The van der Waals surface area contributed by atoms with E-state index in [9.17, 15) is 15.0 Å². The number of fused-ring (bicyclic) bond motifs is 2. The minimum atomic E-state index is -1.67. The molecule has 0 fully saturated rings. The molecule has 2 aromatic rings. The molecule has 0 saturated heterocycles. The summed E-state index contributed by atoms with van der Waals surface area (Å²) in [6, 6.07) is 12.0. The van der Waals surface area contributed by atoms with E-state index in [1.54, 1.807) is 0 Å². The zero-order valence-corrected chi connectivity index (χ0v) is 16.8. The van der Waals surface area contributed by atoms with Gasteiger partial charge in [0.25, 0.3) is 0 Å². The third-order valence-corrected chi connectivity index (χ3v) is 5.76. The predicted molar refractivity (Wildman–Crippen MR) is 108 cm³/mol. The van der Waals surface area contributed by atoms with E-state index < -0.39 is 17.9 Å². The smallest absolute Gasteiger partial charge is 0.390 e. The van der Waals surface area contributed by atoms with Gasteiger partial charge in [0.2, 0.25) is 0 Å². The molecule has 6 nitrogen and oxygen atoms in total. The van der Waals surface area contributed by atoms with Gasteiger partial charge in [-0.1, -0.05) is 29.8 Å². The highest BCUT2D eigenvalue weighted by molar-refractivity contribution is 5.77. The first-order valence-electron chi connectivity index (χ1n) is 10.1. The Hall–Kier alpha value is -2.57. The highest BCUT2D eigenvalue weighted by atomic mass is 16.7. The average molecular weight is 397 g/mol. The standard InChI is InChI=1S/C23H27NO5/c1-14-5-3-7-16(9-14)19(25)13-24-18-8-4-6-15-11-20-21(12-17(15)10-18)29-23(2,28-20)22(26)27/h3,5,7,9,11-12,18-19,24-25H,4,6,8,10,13H2,1-2H3,(H,26,27)/t18?,19-,23?/m0/s1. The van der Waals surface area contributed by atoms with E-state index in [0.717, 1.165) is 42.4 Å². The first-order chi connectivity index (χ1) is 13.8. The zero-order valence-electron chi connectivity index (χ0n) is 16.8. The average Bonchev–Trinajstić information content (AvgIpc) is 2.89. The number of hydrogen-bond acceptors (Lipinski definition) is 5. The van der Waals surface area contributed by atoms with Gasteiger partial charge in [0.05, 0.1) is 6.10 Å². The van der Waals surface area contributed by atoms with Gasteiger partial charge in [0.15, 0.2) is 11.5 Å². The topological polar surface area (TPSA) is 88.0 Å². The van der Waals surface area contributed by atoms with Crippen LogP contribution in [0.5, 0.6) is 11.5 Å². The molecular formula is C23H27NO5. The van der Waals surface area contributed by atoms with E-state index in [1.165, 1.54) is 12.5 Å². The molecule has 2 aliphatic rings. The molecule has 6 heteroatoms. The van der Waals surface area contributed by atoms with Crippen molar-refractivity contribution in [2.75, 3.05) is 6.54 Å². The highest BCUT2D eigenvalue weighted by Crippen LogP contribution is 2.42. The largest absolute Gasteiger partial charge is 0.475 e. The first-order valence-corrected chi connectivity index (χ1v) is 10.1. The summed E-state index contributed by atoms with van der Waals surface area (Å²) in [5.41, 5.74) is 4.37. The van der Waals surface area contributed by atoms with Crippen LogP contribution in [0.25, 0.3) is 0 Å². The Morgan fingerprint density at radius 2 is 1.97 bits per heavy atom. The molecule has 29 heavy (non-hydrogen) atoms. The van der Waals surface area contributed by atoms with E-state index >= 15 is 0 Å². The summed E-state index contributed by atoms with van der Waals surface area (Å²) in [6.07, 6.45) is 3.19. The molecular weight excluding hydrogens is 370 g/mol. The van der Waals surface area contributed by atoms with Crippen molar-refractivity contribution >= 4 is 5.97 Å². The number of rotatable bonds is 5. The van der Waals surface area contributed by atoms with E-state index in [1.807, 2.05) is 43.3 Å². The molecule has 4 rings (SSSR count). The van der Waals surface area contributed by atoms with Gasteiger partial charge in [0, 0.05) is 19.5 Å². The van der Waals surface area contributed by atoms with Crippen molar-refractivity contribution in [2.24, 2.45) is 0 Å². The number of carboxylic acid groups (broad SMARTS) is 1. The monoisotopic (exact) mass is 397 g/mol. The minimum Gasteiger partial charge on any atom is -0.475 e. The Morgan fingerprint density at radius 1 is 1.24 bits per heavy atom. The zero-order chi connectivity index (χ0) is 20.6. The molecule has 0 spiro atoms. The maximum absolute atomic E-state index is 11.4. The maximum Gasteiger partial charge on any atom is 0.390 e. The normalized spacial score (nSPS) is 23.9. The number of carboxylic acids is 1. The van der Waals surface area contributed by atoms with Crippen molar-refractivity contribution < 1.29 is 24.5 Å². The van der Waals surface area contributed by atoms with Crippen LogP contribution in [-0.4, -0.2) is 34.6 Å². The number of benzene rings is 2. The van der Waals surface area contributed by atoms with Gasteiger partial charge in [-0.25, -0.2) is 4.79 Å². The van der Waals surface area contributed by atoms with Crippen LogP contribution in [0, 0.1) is 6.92 Å². The Bertz CT molecular complexity index is 927. The molecule has 2 unspecified atom stereocenters. The third-order valence-electron chi connectivity index (χ3n) is 5.76. The molecule has 2 aromatic carbocycles. The molecule has 0 amide bonds. The summed E-state index contributed by atoms with van der Waals surface area (Å²) >= 11 is 0.